The fourth-order valence-corrected chi connectivity index (χ4v) is 4.03. The van der Waals surface area contributed by atoms with Crippen molar-refractivity contribution in [1.82, 2.24) is 10.6 Å². The predicted molar refractivity (Wildman–Crippen MR) is 129 cm³/mol. The molecule has 4 rings (SSSR count). The second-order valence-electron chi connectivity index (χ2n) is 8.81. The first-order valence-electron chi connectivity index (χ1n) is 11.6. The van der Waals surface area contributed by atoms with Crippen LogP contribution in [0.25, 0.3) is 11.1 Å². The van der Waals surface area contributed by atoms with E-state index < -0.39 is 5.97 Å². The molecule has 31 heavy (non-hydrogen) atoms. The lowest BCUT2D eigenvalue weighted by Crippen LogP contribution is -2.50. The number of anilines is 1. The molecule has 5 heteroatoms. The predicted octanol–water partition coefficient (Wildman–Crippen LogP) is 4.13. The van der Waals surface area contributed by atoms with Crippen molar-refractivity contribution in [3.8, 4) is 11.1 Å². The van der Waals surface area contributed by atoms with Crippen LogP contribution >= 0.6 is 0 Å². The molecule has 2 saturated heterocycles. The highest BCUT2D eigenvalue weighted by atomic mass is 16.4. The molecule has 0 bridgehead atoms. The van der Waals surface area contributed by atoms with Crippen LogP contribution in [0.3, 0.4) is 0 Å². The van der Waals surface area contributed by atoms with Crippen LogP contribution in [0.4, 0.5) is 5.69 Å². The summed E-state index contributed by atoms with van der Waals surface area (Å²) < 4.78 is 0. The van der Waals surface area contributed by atoms with Crippen molar-refractivity contribution in [2.45, 2.75) is 39.5 Å². The van der Waals surface area contributed by atoms with E-state index in [2.05, 4.69) is 78.8 Å². The molecule has 5 nitrogen and oxygen atoms in total. The van der Waals surface area contributed by atoms with Crippen LogP contribution < -0.4 is 15.5 Å². The van der Waals surface area contributed by atoms with Gasteiger partial charge in [-0.05, 0) is 46.7 Å². The summed E-state index contributed by atoms with van der Waals surface area (Å²) in [5.41, 5.74) is 6.39. The first-order chi connectivity index (χ1) is 15.0. The minimum atomic E-state index is -0.692. The van der Waals surface area contributed by atoms with Gasteiger partial charge < -0.3 is 20.6 Å². The molecule has 0 aromatic heterocycles. The minimum absolute atomic E-state index is 0.233. The van der Waals surface area contributed by atoms with Gasteiger partial charge in [0.05, 0.1) is 5.92 Å². The second-order valence-corrected chi connectivity index (χ2v) is 8.81. The highest BCUT2D eigenvalue weighted by Gasteiger charge is 2.32. The number of carboxylic acid groups (broad SMARTS) is 1. The highest BCUT2D eigenvalue weighted by Crippen LogP contribution is 2.33. The standard InChI is InChI=1S/C22H27NO2.C4H10N2/c1-4-6-16-9-10-17(15(2)3)12-21(16)18-7-5-8-20(11-18)23-13-19(14-23)22(24)25;1-2-6-4-3-5-1/h5,7-12,15,19H,4,6,13-14H2,1-3H3,(H,24,25);5-6H,1-4H2. The SMILES string of the molecule is C1CNCCN1.CCCc1ccc(C(C)C)cc1-c1cccc(N2CC(C(=O)O)C2)c1. The Hall–Kier alpha value is -2.37. The van der Waals surface area contributed by atoms with Crippen LogP contribution in [0, 0.1) is 5.92 Å². The van der Waals surface area contributed by atoms with Gasteiger partial charge in [0.1, 0.15) is 0 Å². The Kier molecular flexibility index (Phi) is 8.50. The molecular formula is C26H37N3O2. The number of aryl methyl sites for hydroxylation is 1. The van der Waals surface area contributed by atoms with E-state index >= 15 is 0 Å². The van der Waals surface area contributed by atoms with Crippen LogP contribution in [0.2, 0.25) is 0 Å². The third kappa shape index (κ3) is 6.31. The summed E-state index contributed by atoms with van der Waals surface area (Å²) in [6.45, 7) is 12.4. The Morgan fingerprint density at radius 3 is 2.29 bits per heavy atom. The summed E-state index contributed by atoms with van der Waals surface area (Å²) in [7, 11) is 0. The van der Waals surface area contributed by atoms with Crippen LogP contribution in [-0.2, 0) is 11.2 Å². The topological polar surface area (TPSA) is 64.6 Å². The molecule has 2 aliphatic heterocycles. The second kappa shape index (κ2) is 11.3. The maximum Gasteiger partial charge on any atom is 0.310 e. The molecule has 0 aliphatic carbocycles. The maximum absolute atomic E-state index is 11.0. The van der Waals surface area contributed by atoms with Crippen molar-refractivity contribution in [1.29, 1.82) is 0 Å². The fourth-order valence-electron chi connectivity index (χ4n) is 4.03. The van der Waals surface area contributed by atoms with E-state index in [-0.39, 0.29) is 5.92 Å². The molecule has 0 amide bonds. The Morgan fingerprint density at radius 2 is 1.74 bits per heavy atom. The molecule has 168 valence electrons. The molecular weight excluding hydrogens is 386 g/mol. The molecule has 2 aliphatic rings. The molecule has 0 unspecified atom stereocenters. The van der Waals surface area contributed by atoms with E-state index in [9.17, 15) is 4.79 Å². The number of nitrogens with one attached hydrogen (secondary N) is 2. The van der Waals surface area contributed by atoms with E-state index in [1.807, 2.05) is 0 Å². The van der Waals surface area contributed by atoms with Crippen LogP contribution in [0.15, 0.2) is 42.5 Å². The van der Waals surface area contributed by atoms with Crippen LogP contribution in [-0.4, -0.2) is 50.3 Å². The van der Waals surface area contributed by atoms with Crippen molar-refractivity contribution < 1.29 is 9.90 Å². The van der Waals surface area contributed by atoms with E-state index in [0.717, 1.165) is 44.7 Å². The largest absolute Gasteiger partial charge is 0.481 e. The number of carbonyl (C=O) groups is 1. The van der Waals surface area contributed by atoms with Crippen LogP contribution in [0.5, 0.6) is 0 Å². The quantitative estimate of drug-likeness (QED) is 0.652. The Labute approximate surface area is 186 Å². The molecule has 0 radical (unpaired) electrons. The Morgan fingerprint density at radius 1 is 1.06 bits per heavy atom. The molecule has 3 N–H and O–H groups in total. The van der Waals surface area contributed by atoms with Gasteiger partial charge in [-0.15, -0.1) is 0 Å². The monoisotopic (exact) mass is 423 g/mol. The number of hydrogen-bond acceptors (Lipinski definition) is 4. The number of nitrogens with zero attached hydrogens (tertiary/aromatic N) is 1. The van der Waals surface area contributed by atoms with E-state index in [0.29, 0.717) is 19.0 Å². The van der Waals surface area contributed by atoms with Crippen molar-refractivity contribution >= 4 is 11.7 Å². The number of aliphatic carboxylic acids is 1. The third-order valence-electron chi connectivity index (χ3n) is 6.03. The summed E-state index contributed by atoms with van der Waals surface area (Å²) in [6, 6.07) is 15.4. The fraction of sp³-hybridized carbons (Fsp3) is 0.500. The minimum Gasteiger partial charge on any atom is -0.481 e. The van der Waals surface area contributed by atoms with Gasteiger partial charge in [0.25, 0.3) is 0 Å². The number of benzene rings is 2. The molecule has 2 aromatic rings. The number of piperazine rings is 1. The number of rotatable bonds is 6. The van der Waals surface area contributed by atoms with Gasteiger partial charge in [-0.3, -0.25) is 4.79 Å². The Balaban J connectivity index is 0.000000391. The van der Waals surface area contributed by atoms with Crippen molar-refractivity contribution in [2.75, 3.05) is 44.2 Å². The van der Waals surface area contributed by atoms with Gasteiger partial charge in [0.2, 0.25) is 0 Å². The summed E-state index contributed by atoms with van der Waals surface area (Å²) in [5.74, 6) is -0.421. The summed E-state index contributed by atoms with van der Waals surface area (Å²) in [5, 5.41) is 15.5. The van der Waals surface area contributed by atoms with E-state index in [1.165, 1.54) is 22.3 Å². The summed E-state index contributed by atoms with van der Waals surface area (Å²) in [4.78, 5) is 13.2. The highest BCUT2D eigenvalue weighted by molar-refractivity contribution is 5.76. The van der Waals surface area contributed by atoms with Crippen molar-refractivity contribution in [3.63, 3.8) is 0 Å². The first kappa shape index (κ1) is 23.3. The lowest BCUT2D eigenvalue weighted by molar-refractivity contribution is -0.142. The van der Waals surface area contributed by atoms with E-state index in [1.54, 1.807) is 0 Å². The number of hydrogen-bond donors (Lipinski definition) is 3. The lowest BCUT2D eigenvalue weighted by Gasteiger charge is -2.38. The zero-order valence-electron chi connectivity index (χ0n) is 19.2. The van der Waals surface area contributed by atoms with Gasteiger partial charge >= 0.3 is 5.97 Å². The van der Waals surface area contributed by atoms with Gasteiger partial charge in [0.15, 0.2) is 0 Å². The zero-order valence-corrected chi connectivity index (χ0v) is 19.2. The maximum atomic E-state index is 11.0. The smallest absolute Gasteiger partial charge is 0.310 e. The summed E-state index contributed by atoms with van der Waals surface area (Å²) >= 11 is 0. The average Bonchev–Trinajstić information content (AvgIpc) is 2.75. The van der Waals surface area contributed by atoms with Crippen LogP contribution in [0.1, 0.15) is 44.2 Å². The molecule has 0 spiro atoms. The van der Waals surface area contributed by atoms with Crippen molar-refractivity contribution in [2.24, 2.45) is 5.92 Å². The molecule has 0 saturated carbocycles. The van der Waals surface area contributed by atoms with Gasteiger partial charge in [-0.25, -0.2) is 0 Å². The lowest BCUT2D eigenvalue weighted by atomic mass is 9.91. The molecule has 2 fully saturated rings. The van der Waals surface area contributed by atoms with Gasteiger partial charge in [-0.1, -0.05) is 57.5 Å². The normalized spacial score (nSPS) is 16.5. The van der Waals surface area contributed by atoms with Gasteiger partial charge in [0, 0.05) is 45.0 Å². The van der Waals surface area contributed by atoms with E-state index in [4.69, 9.17) is 5.11 Å². The molecule has 2 heterocycles. The Bertz CT molecular complexity index is 844. The third-order valence-corrected chi connectivity index (χ3v) is 6.03. The molecule has 2 aromatic carbocycles. The zero-order chi connectivity index (χ0) is 22.2. The summed E-state index contributed by atoms with van der Waals surface area (Å²) in [6.07, 6.45) is 2.20. The first-order valence-corrected chi connectivity index (χ1v) is 11.6. The van der Waals surface area contributed by atoms with Gasteiger partial charge in [-0.2, -0.15) is 0 Å². The number of carboxylic acids is 1. The van der Waals surface area contributed by atoms with Crippen molar-refractivity contribution in [3.05, 3.63) is 53.6 Å². The molecule has 0 atom stereocenters. The average molecular weight is 424 g/mol.